The lowest BCUT2D eigenvalue weighted by atomic mass is 9.96. The Morgan fingerprint density at radius 3 is 1.86 bits per heavy atom. The summed E-state index contributed by atoms with van der Waals surface area (Å²) in [6.07, 6.45) is 2.04. The third-order valence-electron chi connectivity index (χ3n) is 7.28. The summed E-state index contributed by atoms with van der Waals surface area (Å²) in [6.45, 7) is 3.40. The van der Waals surface area contributed by atoms with E-state index in [1.165, 1.54) is 0 Å². The number of alkyl halides is 1. The highest BCUT2D eigenvalue weighted by molar-refractivity contribution is 6.26. The summed E-state index contributed by atoms with van der Waals surface area (Å²) in [5.41, 5.74) is 4.93. The van der Waals surface area contributed by atoms with Crippen LogP contribution in [0.3, 0.4) is 0 Å². The van der Waals surface area contributed by atoms with Crippen molar-refractivity contribution in [2.75, 3.05) is 6.61 Å². The number of para-hydroxylation sites is 1. The Hall–Kier alpha value is -4.67. The Balaban J connectivity index is 1.45. The topological polar surface area (TPSA) is 32.6 Å². The van der Waals surface area contributed by atoms with Crippen LogP contribution in [0.1, 0.15) is 29.2 Å². The van der Waals surface area contributed by atoms with Crippen molar-refractivity contribution in [2.24, 2.45) is 0 Å². The van der Waals surface area contributed by atoms with E-state index >= 15 is 0 Å². The van der Waals surface area contributed by atoms with Gasteiger partial charge in [-0.15, -0.1) is 0 Å². The maximum Gasteiger partial charge on any atom is 0.170 e. The van der Waals surface area contributed by atoms with Gasteiger partial charge in [-0.3, -0.25) is 0 Å². The van der Waals surface area contributed by atoms with E-state index in [2.05, 4.69) is 22.8 Å². The van der Waals surface area contributed by atoms with Crippen molar-refractivity contribution in [2.45, 2.75) is 25.1 Å². The molecule has 5 heteroatoms. The monoisotopic (exact) mass is 573 g/mol. The number of hydrogen-bond donors (Lipinski definition) is 0. The first-order chi connectivity index (χ1) is 20.6. The van der Waals surface area contributed by atoms with Crippen molar-refractivity contribution >= 4 is 22.5 Å². The number of fused-ring (bicyclic) bond motifs is 1. The van der Waals surface area contributed by atoms with Gasteiger partial charge in [0.25, 0.3) is 0 Å². The van der Waals surface area contributed by atoms with Crippen LogP contribution in [-0.2, 0) is 18.2 Å². The summed E-state index contributed by atoms with van der Waals surface area (Å²) in [5, 5.41) is 1.11. The molecule has 6 aromatic rings. The third-order valence-corrected chi connectivity index (χ3v) is 7.90. The predicted molar refractivity (Wildman–Crippen MR) is 170 cm³/mol. The van der Waals surface area contributed by atoms with Gasteiger partial charge in [-0.25, -0.2) is 0 Å². The normalized spacial score (nSPS) is 12.5. The zero-order valence-corrected chi connectivity index (χ0v) is 24.2. The third kappa shape index (κ3) is 5.72. The average molecular weight is 574 g/mol. The van der Waals surface area contributed by atoms with Gasteiger partial charge in [-0.1, -0.05) is 109 Å². The van der Waals surface area contributed by atoms with Gasteiger partial charge in [-0.05, 0) is 65.4 Å². The molecule has 0 bridgehead atoms. The molecule has 6 rings (SSSR count). The fraction of sp³-hybridized carbons (Fsp3) is 0.135. The number of halogens is 1. The molecule has 0 aliphatic heterocycles. The Labute approximate surface area is 251 Å². The van der Waals surface area contributed by atoms with Crippen LogP contribution in [0.5, 0.6) is 17.2 Å². The van der Waals surface area contributed by atoms with Gasteiger partial charge in [0, 0.05) is 11.8 Å². The van der Waals surface area contributed by atoms with Gasteiger partial charge in [0.05, 0.1) is 12.1 Å². The maximum absolute atomic E-state index is 7.81. The molecule has 0 radical (unpaired) electrons. The summed E-state index contributed by atoms with van der Waals surface area (Å²) in [4.78, 5) is -1.07. The smallest absolute Gasteiger partial charge is 0.170 e. The van der Waals surface area contributed by atoms with E-state index in [-0.39, 0.29) is 0 Å². The van der Waals surface area contributed by atoms with Gasteiger partial charge < -0.3 is 18.8 Å². The fourth-order valence-corrected chi connectivity index (χ4v) is 5.54. The highest BCUT2D eigenvalue weighted by atomic mass is 35.5. The van der Waals surface area contributed by atoms with Crippen LogP contribution < -0.4 is 14.2 Å². The summed E-state index contributed by atoms with van der Waals surface area (Å²) in [5.74, 6) is 2.08. The molecule has 1 heterocycles. The number of benzene rings is 5. The minimum atomic E-state index is -1.07. The van der Waals surface area contributed by atoms with E-state index in [1.807, 2.05) is 128 Å². The maximum atomic E-state index is 7.81. The lowest BCUT2D eigenvalue weighted by Gasteiger charge is -2.32. The summed E-state index contributed by atoms with van der Waals surface area (Å²) < 4.78 is 20.6. The first-order valence-electron chi connectivity index (χ1n) is 14.1. The van der Waals surface area contributed by atoms with Crippen LogP contribution >= 0.6 is 11.6 Å². The molecule has 0 amide bonds. The van der Waals surface area contributed by atoms with E-state index < -0.39 is 5.00 Å². The second-order valence-electron chi connectivity index (χ2n) is 10.0. The number of nitrogens with zero attached hydrogens (tertiary/aromatic N) is 1. The molecule has 0 spiro atoms. The molecule has 0 fully saturated rings. The van der Waals surface area contributed by atoms with Gasteiger partial charge in [0.1, 0.15) is 19.0 Å². The van der Waals surface area contributed by atoms with Crippen molar-refractivity contribution in [3.05, 3.63) is 162 Å². The van der Waals surface area contributed by atoms with Gasteiger partial charge >= 0.3 is 0 Å². The molecule has 0 N–H and O–H groups in total. The summed E-state index contributed by atoms with van der Waals surface area (Å²) >= 11 is 7.81. The van der Waals surface area contributed by atoms with Gasteiger partial charge in [0.15, 0.2) is 16.5 Å². The van der Waals surface area contributed by atoms with Gasteiger partial charge in [-0.2, -0.15) is 0 Å². The lowest BCUT2D eigenvalue weighted by molar-refractivity contribution is 0.255. The molecule has 0 aliphatic rings. The molecular weight excluding hydrogens is 542 g/mol. The van der Waals surface area contributed by atoms with Crippen LogP contribution in [0.25, 0.3) is 10.9 Å². The molecule has 5 aromatic carbocycles. The second-order valence-corrected chi connectivity index (χ2v) is 10.6. The Bertz CT molecular complexity index is 1750. The quantitative estimate of drug-likeness (QED) is 0.145. The van der Waals surface area contributed by atoms with Crippen molar-refractivity contribution in [1.82, 2.24) is 4.57 Å². The van der Waals surface area contributed by atoms with Crippen molar-refractivity contribution < 1.29 is 14.2 Å². The molecule has 1 aromatic heterocycles. The van der Waals surface area contributed by atoms with E-state index in [0.29, 0.717) is 31.3 Å². The van der Waals surface area contributed by atoms with Crippen molar-refractivity contribution in [3.8, 4) is 17.2 Å². The van der Waals surface area contributed by atoms with Crippen LogP contribution in [0, 0.1) is 0 Å². The zero-order chi connectivity index (χ0) is 28.8. The summed E-state index contributed by atoms with van der Waals surface area (Å²) in [7, 11) is 0. The zero-order valence-electron chi connectivity index (χ0n) is 23.5. The molecule has 1 atom stereocenters. The number of aromatic nitrogens is 1. The minimum Gasteiger partial charge on any atom is -0.494 e. The van der Waals surface area contributed by atoms with Crippen LogP contribution in [0.4, 0.5) is 0 Å². The molecule has 210 valence electrons. The minimum absolute atomic E-state index is 0.400. The SMILES string of the molecule is CCOc1ccc(C(Cl)(c2ccc(OCc3ccccc3)c(OCc3ccccc3)c2)n2ccc3ccccc32)cc1. The molecular formula is C37H32ClNO3. The fourth-order valence-electron chi connectivity index (χ4n) is 5.15. The lowest BCUT2D eigenvalue weighted by Crippen LogP contribution is -2.29. The number of ether oxygens (including phenoxy) is 3. The molecule has 4 nitrogen and oxygen atoms in total. The largest absolute Gasteiger partial charge is 0.494 e. The standard InChI is InChI=1S/C37H32ClNO3/c1-2-40-33-20-17-31(18-21-33)37(38,39-24-23-30-15-9-10-16-34(30)39)32-19-22-35(41-26-28-11-5-3-6-12-28)36(25-32)42-27-29-13-7-4-8-14-29/h3-25H,2,26-27H2,1H3. The second kappa shape index (κ2) is 12.5. The summed E-state index contributed by atoms with van der Waals surface area (Å²) in [6, 6.07) is 44.5. The average Bonchev–Trinajstić information content (AvgIpc) is 3.49. The van der Waals surface area contributed by atoms with Crippen LogP contribution in [-0.4, -0.2) is 11.2 Å². The van der Waals surface area contributed by atoms with Crippen LogP contribution in [0.15, 0.2) is 140 Å². The molecule has 0 aliphatic carbocycles. The van der Waals surface area contributed by atoms with E-state index in [1.54, 1.807) is 0 Å². The highest BCUT2D eigenvalue weighted by Crippen LogP contribution is 2.44. The van der Waals surface area contributed by atoms with Gasteiger partial charge in [0.2, 0.25) is 0 Å². The first kappa shape index (κ1) is 27.5. The first-order valence-corrected chi connectivity index (χ1v) is 14.5. The Kier molecular flexibility index (Phi) is 8.16. The van der Waals surface area contributed by atoms with E-state index in [4.69, 9.17) is 25.8 Å². The Morgan fingerprint density at radius 1 is 0.595 bits per heavy atom. The Morgan fingerprint density at radius 2 is 1.19 bits per heavy atom. The van der Waals surface area contributed by atoms with Crippen molar-refractivity contribution in [1.29, 1.82) is 0 Å². The highest BCUT2D eigenvalue weighted by Gasteiger charge is 2.36. The van der Waals surface area contributed by atoms with Crippen LogP contribution in [0.2, 0.25) is 0 Å². The predicted octanol–water partition coefficient (Wildman–Crippen LogP) is 9.19. The molecule has 42 heavy (non-hydrogen) atoms. The van der Waals surface area contributed by atoms with Crippen molar-refractivity contribution in [3.63, 3.8) is 0 Å². The molecule has 1 unspecified atom stereocenters. The van der Waals surface area contributed by atoms with E-state index in [9.17, 15) is 0 Å². The molecule has 0 saturated heterocycles. The van der Waals surface area contributed by atoms with E-state index in [0.717, 1.165) is 38.9 Å². The number of hydrogen-bond acceptors (Lipinski definition) is 3. The number of rotatable bonds is 11. The molecule has 0 saturated carbocycles.